The Morgan fingerprint density at radius 2 is 2.03 bits per heavy atom. The summed E-state index contributed by atoms with van der Waals surface area (Å²) in [6, 6.07) is 0.549. The molecule has 0 aromatic rings. The average molecular weight is 445 g/mol. The largest absolute Gasteiger partial charge is 0.361 e. The highest BCUT2D eigenvalue weighted by molar-refractivity contribution is 7.89. The van der Waals surface area contributed by atoms with Gasteiger partial charge in [0, 0.05) is 32.2 Å². The normalized spacial score (nSPS) is 29.0. The maximum atomic E-state index is 13.1. The first-order valence-electron chi connectivity index (χ1n) is 11.1. The van der Waals surface area contributed by atoms with Crippen LogP contribution in [0.25, 0.3) is 0 Å². The van der Waals surface area contributed by atoms with Gasteiger partial charge in [-0.05, 0) is 33.7 Å². The van der Waals surface area contributed by atoms with Crippen LogP contribution in [0.1, 0.15) is 46.0 Å². The van der Waals surface area contributed by atoms with Gasteiger partial charge >= 0.3 is 0 Å². The van der Waals surface area contributed by atoms with Gasteiger partial charge in [0.1, 0.15) is 0 Å². The standard InChI is InChI=1S/C20H36N4O5S/c1-15(2)30(27,28)24-13-17(20(14-24)19(26)22-10-12-29-20)18(25)21-9-11-23(3)16-7-5-4-6-8-16/h15-17H,4-14H2,1-3H3,(H,21,25)(H,22,26)/t17-,20-/m1/s1. The fourth-order valence-corrected chi connectivity index (χ4v) is 6.07. The van der Waals surface area contributed by atoms with Crippen molar-refractivity contribution in [3.8, 4) is 0 Å². The summed E-state index contributed by atoms with van der Waals surface area (Å²) in [4.78, 5) is 28.1. The van der Waals surface area contributed by atoms with Crippen LogP contribution in [0.3, 0.4) is 0 Å². The number of carbonyl (C=O) groups excluding carboxylic acids is 2. The number of morpholine rings is 1. The van der Waals surface area contributed by atoms with Crippen LogP contribution in [0, 0.1) is 5.92 Å². The molecule has 1 aliphatic carbocycles. The fraction of sp³-hybridized carbons (Fsp3) is 0.900. The molecule has 3 fully saturated rings. The predicted octanol–water partition coefficient (Wildman–Crippen LogP) is -0.0777. The number of hydrogen-bond donors (Lipinski definition) is 2. The van der Waals surface area contributed by atoms with Crippen LogP contribution >= 0.6 is 0 Å². The summed E-state index contributed by atoms with van der Waals surface area (Å²) in [6.45, 7) is 4.82. The van der Waals surface area contributed by atoms with Gasteiger partial charge in [0.05, 0.1) is 24.3 Å². The molecule has 2 saturated heterocycles. The molecule has 1 saturated carbocycles. The molecule has 0 aromatic carbocycles. The highest BCUT2D eigenvalue weighted by Gasteiger charge is 2.59. The van der Waals surface area contributed by atoms with E-state index in [0.717, 1.165) is 6.54 Å². The van der Waals surface area contributed by atoms with Crippen LogP contribution in [0.5, 0.6) is 0 Å². The number of rotatable bonds is 7. The van der Waals surface area contributed by atoms with E-state index >= 15 is 0 Å². The SMILES string of the molecule is CC(C)S(=O)(=O)N1C[C@H](C(=O)NCCN(C)C2CCCCC2)[C@@]2(C1)OCCNC2=O. The topological polar surface area (TPSA) is 108 Å². The first-order chi connectivity index (χ1) is 14.2. The Kier molecular flexibility index (Phi) is 7.42. The van der Waals surface area contributed by atoms with Crippen molar-refractivity contribution >= 4 is 21.8 Å². The lowest BCUT2D eigenvalue weighted by atomic mass is 9.88. The number of nitrogens with one attached hydrogen (secondary N) is 2. The minimum atomic E-state index is -3.61. The zero-order valence-electron chi connectivity index (χ0n) is 18.4. The monoisotopic (exact) mass is 444 g/mol. The van der Waals surface area contributed by atoms with Gasteiger partial charge in [-0.15, -0.1) is 0 Å². The molecule has 0 radical (unpaired) electrons. The second-order valence-corrected chi connectivity index (χ2v) is 11.5. The minimum absolute atomic E-state index is 0.0434. The van der Waals surface area contributed by atoms with Crippen molar-refractivity contribution in [1.29, 1.82) is 0 Å². The van der Waals surface area contributed by atoms with Gasteiger partial charge in [0.15, 0.2) is 5.60 Å². The van der Waals surface area contributed by atoms with Crippen LogP contribution < -0.4 is 10.6 Å². The molecule has 0 aromatic heterocycles. The zero-order valence-corrected chi connectivity index (χ0v) is 19.2. The first-order valence-corrected chi connectivity index (χ1v) is 12.6. The molecule has 2 heterocycles. The third kappa shape index (κ3) is 4.66. The zero-order chi connectivity index (χ0) is 21.9. The van der Waals surface area contributed by atoms with Crippen LogP contribution in [-0.2, 0) is 24.3 Å². The quantitative estimate of drug-likeness (QED) is 0.569. The molecule has 172 valence electrons. The molecule has 10 heteroatoms. The maximum absolute atomic E-state index is 13.1. The minimum Gasteiger partial charge on any atom is -0.361 e. The smallest absolute Gasteiger partial charge is 0.254 e. The predicted molar refractivity (Wildman–Crippen MR) is 113 cm³/mol. The highest BCUT2D eigenvalue weighted by Crippen LogP contribution is 2.35. The molecule has 0 bridgehead atoms. The number of sulfonamides is 1. The molecule has 2 atom stereocenters. The number of nitrogens with zero attached hydrogens (tertiary/aromatic N) is 2. The summed E-state index contributed by atoms with van der Waals surface area (Å²) in [5, 5.41) is 5.04. The molecular weight excluding hydrogens is 408 g/mol. The number of amides is 2. The third-order valence-corrected chi connectivity index (χ3v) is 8.92. The molecule has 2 N–H and O–H groups in total. The molecule has 9 nitrogen and oxygen atoms in total. The Balaban J connectivity index is 1.66. The second kappa shape index (κ2) is 9.50. The van der Waals surface area contributed by atoms with Crippen LogP contribution in [0.15, 0.2) is 0 Å². The van der Waals surface area contributed by atoms with Crippen LogP contribution in [-0.4, -0.2) is 92.7 Å². The van der Waals surface area contributed by atoms with E-state index in [2.05, 4.69) is 22.6 Å². The second-order valence-electron chi connectivity index (χ2n) is 9.00. The average Bonchev–Trinajstić information content (AvgIpc) is 3.12. The summed E-state index contributed by atoms with van der Waals surface area (Å²) in [6.07, 6.45) is 6.16. The van der Waals surface area contributed by atoms with Crippen molar-refractivity contribution in [3.05, 3.63) is 0 Å². The van der Waals surface area contributed by atoms with E-state index in [9.17, 15) is 18.0 Å². The van der Waals surface area contributed by atoms with E-state index in [1.807, 2.05) is 0 Å². The van der Waals surface area contributed by atoms with Crippen molar-refractivity contribution in [2.75, 3.05) is 46.4 Å². The lowest BCUT2D eigenvalue weighted by Crippen LogP contribution is -2.62. The van der Waals surface area contributed by atoms with Gasteiger partial charge in [-0.25, -0.2) is 8.42 Å². The highest BCUT2D eigenvalue weighted by atomic mass is 32.2. The molecular formula is C20H36N4O5S. The molecule has 30 heavy (non-hydrogen) atoms. The number of ether oxygens (including phenoxy) is 1. The molecule has 2 aliphatic heterocycles. The summed E-state index contributed by atoms with van der Waals surface area (Å²) in [5.41, 5.74) is -1.46. The van der Waals surface area contributed by atoms with E-state index in [1.165, 1.54) is 36.4 Å². The first kappa shape index (κ1) is 23.4. The van der Waals surface area contributed by atoms with Crippen molar-refractivity contribution in [3.63, 3.8) is 0 Å². The number of likely N-dealkylation sites (N-methyl/N-ethyl adjacent to an activating group) is 1. The van der Waals surface area contributed by atoms with Crippen molar-refractivity contribution < 1.29 is 22.7 Å². The lowest BCUT2D eigenvalue weighted by Gasteiger charge is -2.36. The Morgan fingerprint density at radius 3 is 2.67 bits per heavy atom. The summed E-state index contributed by atoms with van der Waals surface area (Å²) in [7, 11) is -1.53. The molecule has 3 aliphatic rings. The summed E-state index contributed by atoms with van der Waals surface area (Å²) >= 11 is 0. The van der Waals surface area contributed by atoms with E-state index in [-0.39, 0.29) is 25.6 Å². The van der Waals surface area contributed by atoms with E-state index in [0.29, 0.717) is 19.1 Å². The Morgan fingerprint density at radius 1 is 1.33 bits per heavy atom. The molecule has 1 spiro atoms. The van der Waals surface area contributed by atoms with E-state index in [4.69, 9.17) is 4.74 Å². The maximum Gasteiger partial charge on any atom is 0.254 e. The summed E-state index contributed by atoms with van der Waals surface area (Å²) in [5.74, 6) is -1.61. The molecule has 3 rings (SSSR count). The number of hydrogen-bond acceptors (Lipinski definition) is 6. The summed E-state index contributed by atoms with van der Waals surface area (Å²) < 4.78 is 32.5. The van der Waals surface area contributed by atoms with Crippen molar-refractivity contribution in [1.82, 2.24) is 19.8 Å². The van der Waals surface area contributed by atoms with Gasteiger partial charge < -0.3 is 20.3 Å². The molecule has 2 amide bonds. The Labute approximate surface area is 179 Å². The van der Waals surface area contributed by atoms with Gasteiger partial charge in [-0.2, -0.15) is 4.31 Å². The fourth-order valence-electron chi connectivity index (χ4n) is 4.75. The Bertz CT molecular complexity index is 737. The van der Waals surface area contributed by atoms with Crippen molar-refractivity contribution in [2.24, 2.45) is 5.92 Å². The molecule has 0 unspecified atom stereocenters. The van der Waals surface area contributed by atoms with Crippen LogP contribution in [0.4, 0.5) is 0 Å². The van der Waals surface area contributed by atoms with Gasteiger partial charge in [-0.1, -0.05) is 19.3 Å². The van der Waals surface area contributed by atoms with Gasteiger partial charge in [0.25, 0.3) is 5.91 Å². The van der Waals surface area contributed by atoms with Crippen LogP contribution in [0.2, 0.25) is 0 Å². The van der Waals surface area contributed by atoms with Gasteiger partial charge in [0.2, 0.25) is 15.9 Å². The Hall–Kier alpha value is -1.23. The van der Waals surface area contributed by atoms with E-state index < -0.39 is 32.7 Å². The lowest BCUT2D eigenvalue weighted by molar-refractivity contribution is -0.163. The number of carbonyl (C=O) groups is 2. The van der Waals surface area contributed by atoms with E-state index in [1.54, 1.807) is 13.8 Å². The van der Waals surface area contributed by atoms with Gasteiger partial charge in [-0.3, -0.25) is 9.59 Å². The third-order valence-electron chi connectivity index (χ3n) is 6.73. The van der Waals surface area contributed by atoms with Crippen molar-refractivity contribution in [2.45, 2.75) is 62.8 Å².